The van der Waals surface area contributed by atoms with E-state index >= 15 is 0 Å². The molecule has 0 spiro atoms. The zero-order chi connectivity index (χ0) is 29.4. The van der Waals surface area contributed by atoms with Crippen LogP contribution in [0.5, 0.6) is 0 Å². The summed E-state index contributed by atoms with van der Waals surface area (Å²) in [6.07, 6.45) is 7.81. The average molecular weight is 563 g/mol. The molecule has 0 aromatic heterocycles. The molecule has 4 aromatic carbocycles. The Morgan fingerprint density at radius 1 is 0.524 bits per heavy atom. The first-order chi connectivity index (χ1) is 20.7. The van der Waals surface area contributed by atoms with E-state index in [1.165, 1.54) is 59.1 Å². The van der Waals surface area contributed by atoms with Gasteiger partial charge in [0.1, 0.15) is 0 Å². The Kier molecular flexibility index (Phi) is 12.7. The summed E-state index contributed by atoms with van der Waals surface area (Å²) in [5.41, 5.74) is 7.67. The fraction of sp³-hybridized carbons (Fsp3) is 0.359. The highest BCUT2D eigenvalue weighted by atomic mass is 16.7. The lowest BCUT2D eigenvalue weighted by Crippen LogP contribution is -2.14. The van der Waals surface area contributed by atoms with E-state index in [2.05, 4.69) is 111 Å². The van der Waals surface area contributed by atoms with Gasteiger partial charge in [-0.15, -0.1) is 0 Å². The van der Waals surface area contributed by atoms with Crippen LogP contribution in [0, 0.1) is 0 Å². The van der Waals surface area contributed by atoms with Crippen LogP contribution in [0.15, 0.2) is 109 Å². The molecule has 0 saturated heterocycles. The molecule has 2 unspecified atom stereocenters. The zero-order valence-corrected chi connectivity index (χ0v) is 25.3. The lowest BCUT2D eigenvalue weighted by Gasteiger charge is -2.20. The first-order valence-corrected chi connectivity index (χ1v) is 15.7. The minimum Gasteiger partial charge on any atom is -0.434 e. The molecule has 0 amide bonds. The van der Waals surface area contributed by atoms with Gasteiger partial charge in [0.2, 0.25) is 0 Å². The highest BCUT2D eigenvalue weighted by Gasteiger charge is 2.18. The molecule has 0 aliphatic carbocycles. The summed E-state index contributed by atoms with van der Waals surface area (Å²) in [4.78, 5) is 12.6. The van der Waals surface area contributed by atoms with Crippen LogP contribution in [0.2, 0.25) is 0 Å². The molecule has 4 rings (SSSR count). The number of hydrogen-bond donors (Lipinski definition) is 0. The van der Waals surface area contributed by atoms with E-state index in [4.69, 9.17) is 9.47 Å². The van der Waals surface area contributed by atoms with Gasteiger partial charge in [0, 0.05) is 11.8 Å². The predicted octanol–water partition coefficient (Wildman–Crippen LogP) is 10.3. The van der Waals surface area contributed by atoms with Gasteiger partial charge in [-0.2, -0.15) is 0 Å². The maximum Gasteiger partial charge on any atom is 0.508 e. The van der Waals surface area contributed by atoms with Crippen LogP contribution < -0.4 is 0 Å². The van der Waals surface area contributed by atoms with Crippen molar-refractivity contribution in [2.45, 2.75) is 77.0 Å². The van der Waals surface area contributed by atoms with Gasteiger partial charge < -0.3 is 9.47 Å². The minimum atomic E-state index is -0.599. The molecule has 2 atom stereocenters. The van der Waals surface area contributed by atoms with E-state index in [-0.39, 0.29) is 11.8 Å². The van der Waals surface area contributed by atoms with E-state index in [0.29, 0.717) is 26.1 Å². The van der Waals surface area contributed by atoms with Crippen LogP contribution >= 0.6 is 0 Å². The smallest absolute Gasteiger partial charge is 0.434 e. The average Bonchev–Trinajstić information content (AvgIpc) is 3.05. The maximum atomic E-state index is 12.6. The van der Waals surface area contributed by atoms with Crippen molar-refractivity contribution in [3.63, 3.8) is 0 Å². The van der Waals surface area contributed by atoms with Crippen LogP contribution in [0.1, 0.15) is 97.6 Å². The Hall–Kier alpha value is -3.85. The maximum absolute atomic E-state index is 12.6. The van der Waals surface area contributed by atoms with Crippen LogP contribution in [0.3, 0.4) is 0 Å². The Balaban J connectivity index is 1.32. The second-order valence-corrected chi connectivity index (χ2v) is 11.1. The van der Waals surface area contributed by atoms with Crippen molar-refractivity contribution in [2.24, 2.45) is 0 Å². The van der Waals surface area contributed by atoms with Crippen LogP contribution in [0.25, 0.3) is 0 Å². The van der Waals surface area contributed by atoms with Crippen molar-refractivity contribution in [3.05, 3.63) is 143 Å². The highest BCUT2D eigenvalue weighted by Crippen LogP contribution is 2.30. The first-order valence-electron chi connectivity index (χ1n) is 15.7. The highest BCUT2D eigenvalue weighted by molar-refractivity contribution is 5.59. The van der Waals surface area contributed by atoms with Gasteiger partial charge in [-0.1, -0.05) is 136 Å². The van der Waals surface area contributed by atoms with Crippen molar-refractivity contribution in [2.75, 3.05) is 13.2 Å². The summed E-state index contributed by atoms with van der Waals surface area (Å²) in [5.74, 6) is 0.309. The van der Waals surface area contributed by atoms with Gasteiger partial charge in [0.25, 0.3) is 0 Å². The molecule has 0 fully saturated rings. The van der Waals surface area contributed by atoms with Gasteiger partial charge in [-0.3, -0.25) is 0 Å². The van der Waals surface area contributed by atoms with Gasteiger partial charge in [-0.05, 0) is 71.9 Å². The van der Waals surface area contributed by atoms with E-state index in [0.717, 1.165) is 12.8 Å². The van der Waals surface area contributed by atoms with Gasteiger partial charge in [0.05, 0.1) is 13.2 Å². The molecule has 4 aromatic rings. The minimum absolute atomic E-state index is 0.155. The second-order valence-electron chi connectivity index (χ2n) is 11.1. The summed E-state index contributed by atoms with van der Waals surface area (Å²) in [7, 11) is 0. The molecule has 0 N–H and O–H groups in total. The quantitative estimate of drug-likeness (QED) is 0.127. The fourth-order valence-electron chi connectivity index (χ4n) is 5.58. The number of carbonyl (C=O) groups is 1. The van der Waals surface area contributed by atoms with Crippen molar-refractivity contribution in [1.29, 1.82) is 0 Å². The largest absolute Gasteiger partial charge is 0.508 e. The Morgan fingerprint density at radius 3 is 1.24 bits per heavy atom. The number of ether oxygens (including phenoxy) is 2. The summed E-state index contributed by atoms with van der Waals surface area (Å²) in [5, 5.41) is 0. The topological polar surface area (TPSA) is 35.5 Å². The number of hydrogen-bond acceptors (Lipinski definition) is 3. The first kappa shape index (κ1) is 31.1. The molecule has 220 valence electrons. The van der Waals surface area contributed by atoms with Crippen molar-refractivity contribution >= 4 is 6.16 Å². The van der Waals surface area contributed by atoms with Gasteiger partial charge in [0.15, 0.2) is 0 Å². The van der Waals surface area contributed by atoms with E-state index < -0.39 is 6.16 Å². The van der Waals surface area contributed by atoms with E-state index in [1.807, 2.05) is 12.1 Å². The monoisotopic (exact) mass is 562 g/mol. The van der Waals surface area contributed by atoms with E-state index in [1.54, 1.807) is 0 Å². The summed E-state index contributed by atoms with van der Waals surface area (Å²) in [6.45, 7) is 5.05. The van der Waals surface area contributed by atoms with Crippen LogP contribution in [-0.4, -0.2) is 19.4 Å². The Labute approximate surface area is 252 Å². The molecular formula is C39H46O3. The SMILES string of the molecule is CCCCc1ccc(C(CCOC(=O)OCCC(c2ccccc2)c2ccc(CCCC)cc2)c2ccccc2)cc1. The molecule has 3 heteroatoms. The molecule has 3 nitrogen and oxygen atoms in total. The molecule has 42 heavy (non-hydrogen) atoms. The standard InChI is InChI=1S/C39H46O3/c1-3-5-13-31-19-23-35(24-20-31)37(33-15-9-7-10-16-33)27-29-41-39(40)42-30-28-38(34-17-11-8-12-18-34)36-25-21-32(22-26-36)14-6-4-2/h7-12,15-26,37-38H,3-6,13-14,27-30H2,1-2H3. The van der Waals surface area contributed by atoms with Gasteiger partial charge in [-0.25, -0.2) is 4.79 Å². The zero-order valence-electron chi connectivity index (χ0n) is 25.3. The molecular weight excluding hydrogens is 516 g/mol. The van der Waals surface area contributed by atoms with Crippen molar-refractivity contribution in [1.82, 2.24) is 0 Å². The summed E-state index contributed by atoms with van der Waals surface area (Å²) < 4.78 is 11.2. The van der Waals surface area contributed by atoms with Crippen molar-refractivity contribution < 1.29 is 14.3 Å². The van der Waals surface area contributed by atoms with Gasteiger partial charge >= 0.3 is 6.16 Å². The molecule has 0 aliphatic rings. The third-order valence-corrected chi connectivity index (χ3v) is 8.06. The predicted molar refractivity (Wildman–Crippen MR) is 173 cm³/mol. The molecule has 0 heterocycles. The number of aryl methyl sites for hydroxylation is 2. The lowest BCUT2D eigenvalue weighted by molar-refractivity contribution is 0.0524. The molecule has 0 aliphatic heterocycles. The molecule has 0 saturated carbocycles. The molecule has 0 radical (unpaired) electrons. The second kappa shape index (κ2) is 17.2. The third-order valence-electron chi connectivity index (χ3n) is 8.06. The van der Waals surface area contributed by atoms with Crippen LogP contribution in [-0.2, 0) is 22.3 Å². The molecule has 0 bridgehead atoms. The van der Waals surface area contributed by atoms with Crippen molar-refractivity contribution in [3.8, 4) is 0 Å². The summed E-state index contributed by atoms with van der Waals surface area (Å²) >= 11 is 0. The lowest BCUT2D eigenvalue weighted by atomic mass is 9.88. The fourth-order valence-corrected chi connectivity index (χ4v) is 5.58. The number of benzene rings is 4. The number of unbranched alkanes of at least 4 members (excludes halogenated alkanes) is 2. The third kappa shape index (κ3) is 9.62. The van der Waals surface area contributed by atoms with Crippen LogP contribution in [0.4, 0.5) is 4.79 Å². The summed E-state index contributed by atoms with van der Waals surface area (Å²) in [6, 6.07) is 38.7. The van der Waals surface area contributed by atoms with E-state index in [9.17, 15) is 4.79 Å². The number of carbonyl (C=O) groups excluding carboxylic acids is 1. The Bertz CT molecular complexity index is 1190. The normalized spacial score (nSPS) is 12.4. The Morgan fingerprint density at radius 2 is 0.881 bits per heavy atom. The number of rotatable bonds is 16.